The van der Waals surface area contributed by atoms with E-state index in [0.717, 1.165) is 5.56 Å². The third-order valence-electron chi connectivity index (χ3n) is 5.62. The summed E-state index contributed by atoms with van der Waals surface area (Å²) in [7, 11) is 1.58. The summed E-state index contributed by atoms with van der Waals surface area (Å²) in [5, 5.41) is 15.6. The van der Waals surface area contributed by atoms with Crippen LogP contribution in [0.1, 0.15) is 28.4 Å². The quantitative estimate of drug-likeness (QED) is 0.227. The van der Waals surface area contributed by atoms with Crippen LogP contribution < -0.4 is 10.9 Å². The molecule has 0 aliphatic carbocycles. The fourth-order valence-electron chi connectivity index (χ4n) is 3.86. The Kier molecular flexibility index (Phi) is 7.06. The molecule has 3 aromatic carbocycles. The maximum absolute atomic E-state index is 12.9. The van der Waals surface area contributed by atoms with Crippen LogP contribution in [0.3, 0.4) is 0 Å². The van der Waals surface area contributed by atoms with Crippen molar-refractivity contribution in [2.45, 2.75) is 12.5 Å². The number of halogens is 2. The zero-order chi connectivity index (χ0) is 24.2. The number of carbonyl (C=O) groups is 1. The van der Waals surface area contributed by atoms with E-state index in [1.807, 2.05) is 30.3 Å². The number of aromatic nitrogens is 1. The second kappa shape index (κ2) is 10.2. The Balaban J connectivity index is 1.62. The van der Waals surface area contributed by atoms with E-state index in [1.54, 1.807) is 55.6 Å². The molecule has 0 aliphatic rings. The zero-order valence-electron chi connectivity index (χ0n) is 18.3. The molecule has 1 atom stereocenters. The van der Waals surface area contributed by atoms with E-state index in [-0.39, 0.29) is 17.4 Å². The van der Waals surface area contributed by atoms with Crippen LogP contribution in [-0.2, 0) is 7.05 Å². The summed E-state index contributed by atoms with van der Waals surface area (Å²) in [6.07, 6.45) is 3.43. The number of pyridine rings is 1. The first kappa shape index (κ1) is 23.6. The highest BCUT2D eigenvalue weighted by molar-refractivity contribution is 6.35. The Hall–Kier alpha value is -3.54. The molecule has 1 aromatic heterocycles. The number of hydrogen-bond acceptors (Lipinski definition) is 4. The lowest BCUT2D eigenvalue weighted by Crippen LogP contribution is -2.24. The van der Waals surface area contributed by atoms with E-state index in [2.05, 4.69) is 5.32 Å². The zero-order valence-corrected chi connectivity index (χ0v) is 19.8. The number of carbonyl (C=O) groups excluding carboxylic acids is 1. The van der Waals surface area contributed by atoms with Crippen molar-refractivity contribution in [3.8, 4) is 5.75 Å². The maximum atomic E-state index is 12.9. The number of rotatable bonds is 7. The van der Waals surface area contributed by atoms with Gasteiger partial charge in [-0.25, -0.2) is 0 Å². The van der Waals surface area contributed by atoms with Gasteiger partial charge in [0.05, 0.1) is 22.3 Å². The topological polar surface area (TPSA) is 71.3 Å². The molecule has 0 bridgehead atoms. The van der Waals surface area contributed by atoms with E-state index >= 15 is 0 Å². The number of allylic oxidation sites excluding steroid dienone is 1. The Labute approximate surface area is 206 Å². The normalized spacial score (nSPS) is 12.2. The van der Waals surface area contributed by atoms with E-state index < -0.39 is 11.3 Å². The summed E-state index contributed by atoms with van der Waals surface area (Å²) in [6, 6.07) is 21.6. The van der Waals surface area contributed by atoms with Gasteiger partial charge in [-0.2, -0.15) is 0 Å². The number of aryl methyl sites for hydroxylation is 1. The Morgan fingerprint density at radius 3 is 2.53 bits per heavy atom. The average molecular weight is 493 g/mol. The van der Waals surface area contributed by atoms with Gasteiger partial charge >= 0.3 is 0 Å². The summed E-state index contributed by atoms with van der Waals surface area (Å²) < 4.78 is 1.37. The first-order valence-corrected chi connectivity index (χ1v) is 11.4. The summed E-state index contributed by atoms with van der Waals surface area (Å²) in [5.41, 5.74) is 1.41. The van der Waals surface area contributed by atoms with Gasteiger partial charge in [0.1, 0.15) is 11.3 Å². The number of nitrogens with zero attached hydrogens (tertiary/aromatic N) is 1. The Bertz CT molecular complexity index is 1450. The standard InChI is InChI=1S/C27H22Cl2N2O3/c1-31-23-12-6-5-10-19(23)26(33)25(27(31)34)24(32)13-7-11-21(17-8-3-2-4-9-17)30-22-16-18(28)14-15-20(22)29/h2-10,12-16,21,30,33H,11H2,1H3. The lowest BCUT2D eigenvalue weighted by Gasteiger charge is -2.20. The SMILES string of the molecule is Cn1c(=O)c(C(=O)C=CCC(Nc2cc(Cl)ccc2Cl)c2ccccc2)c(O)c2ccccc21. The number of ketones is 1. The molecule has 1 heterocycles. The molecule has 0 radical (unpaired) electrons. The van der Waals surface area contributed by atoms with Gasteiger partial charge in [0, 0.05) is 17.5 Å². The molecular formula is C27H22Cl2N2O3. The predicted molar refractivity (Wildman–Crippen MR) is 138 cm³/mol. The van der Waals surface area contributed by atoms with Gasteiger partial charge in [0.15, 0.2) is 5.78 Å². The second-order valence-electron chi connectivity index (χ2n) is 7.84. The number of fused-ring (bicyclic) bond motifs is 1. The van der Waals surface area contributed by atoms with Gasteiger partial charge in [0.2, 0.25) is 0 Å². The van der Waals surface area contributed by atoms with E-state index in [4.69, 9.17) is 23.2 Å². The molecular weight excluding hydrogens is 471 g/mol. The summed E-state index contributed by atoms with van der Waals surface area (Å²) >= 11 is 12.5. The first-order valence-electron chi connectivity index (χ1n) is 10.6. The van der Waals surface area contributed by atoms with Crippen molar-refractivity contribution < 1.29 is 9.90 Å². The van der Waals surface area contributed by atoms with Crippen molar-refractivity contribution in [2.75, 3.05) is 5.32 Å². The summed E-state index contributed by atoms with van der Waals surface area (Å²) in [5.74, 6) is -0.867. The smallest absolute Gasteiger partial charge is 0.265 e. The average Bonchev–Trinajstić information content (AvgIpc) is 2.85. The predicted octanol–water partition coefficient (Wildman–Crippen LogP) is 6.53. The molecule has 0 spiro atoms. The summed E-state index contributed by atoms with van der Waals surface area (Å²) in [6.45, 7) is 0. The minimum absolute atomic E-state index is 0.214. The largest absolute Gasteiger partial charge is 0.506 e. The van der Waals surface area contributed by atoms with Gasteiger partial charge in [-0.05, 0) is 48.4 Å². The van der Waals surface area contributed by atoms with Gasteiger partial charge in [-0.1, -0.05) is 71.7 Å². The number of aromatic hydroxyl groups is 1. The van der Waals surface area contributed by atoms with Crippen LogP contribution in [0.25, 0.3) is 10.9 Å². The number of hydrogen-bond donors (Lipinski definition) is 2. The monoisotopic (exact) mass is 492 g/mol. The molecule has 172 valence electrons. The van der Waals surface area contributed by atoms with Crippen LogP contribution >= 0.6 is 23.2 Å². The molecule has 1 unspecified atom stereocenters. The third-order valence-corrected chi connectivity index (χ3v) is 6.19. The first-order chi connectivity index (χ1) is 16.4. The van der Waals surface area contributed by atoms with Crippen LogP contribution in [0.2, 0.25) is 10.0 Å². The van der Waals surface area contributed by atoms with Gasteiger partial charge in [-0.15, -0.1) is 0 Å². The van der Waals surface area contributed by atoms with E-state index in [0.29, 0.717) is 33.1 Å². The molecule has 0 amide bonds. The van der Waals surface area contributed by atoms with Crippen molar-refractivity contribution in [2.24, 2.45) is 7.05 Å². The van der Waals surface area contributed by atoms with E-state index in [9.17, 15) is 14.7 Å². The molecule has 7 heteroatoms. The maximum Gasteiger partial charge on any atom is 0.265 e. The second-order valence-corrected chi connectivity index (χ2v) is 8.68. The molecule has 0 saturated heterocycles. The summed E-state index contributed by atoms with van der Waals surface area (Å²) in [4.78, 5) is 25.7. The van der Waals surface area contributed by atoms with Crippen molar-refractivity contribution in [3.05, 3.63) is 116 Å². The van der Waals surface area contributed by atoms with Gasteiger partial charge in [-0.3, -0.25) is 9.59 Å². The number of nitrogens with one attached hydrogen (secondary N) is 1. The molecule has 0 aliphatic heterocycles. The number of anilines is 1. The van der Waals surface area contributed by atoms with Gasteiger partial charge in [0.25, 0.3) is 5.56 Å². The van der Waals surface area contributed by atoms with Crippen molar-refractivity contribution in [3.63, 3.8) is 0 Å². The highest BCUT2D eigenvalue weighted by Gasteiger charge is 2.19. The Morgan fingerprint density at radius 1 is 1.06 bits per heavy atom. The fourth-order valence-corrected chi connectivity index (χ4v) is 4.20. The third kappa shape index (κ3) is 4.86. The van der Waals surface area contributed by atoms with E-state index in [1.165, 1.54) is 10.6 Å². The van der Waals surface area contributed by atoms with Crippen LogP contribution in [0.4, 0.5) is 5.69 Å². The fraction of sp³-hybridized carbons (Fsp3) is 0.111. The van der Waals surface area contributed by atoms with Crippen molar-refractivity contribution in [1.82, 2.24) is 4.57 Å². The molecule has 0 saturated carbocycles. The van der Waals surface area contributed by atoms with Gasteiger partial charge < -0.3 is 15.0 Å². The van der Waals surface area contributed by atoms with Crippen molar-refractivity contribution >= 4 is 45.6 Å². The molecule has 4 rings (SSSR count). The minimum atomic E-state index is -0.559. The van der Waals surface area contributed by atoms with Crippen molar-refractivity contribution in [1.29, 1.82) is 0 Å². The highest BCUT2D eigenvalue weighted by Crippen LogP contribution is 2.31. The molecule has 0 fully saturated rings. The number of para-hydroxylation sites is 1. The molecule has 5 nitrogen and oxygen atoms in total. The molecule has 4 aromatic rings. The number of benzene rings is 3. The van der Waals surface area contributed by atoms with Crippen LogP contribution in [0.15, 0.2) is 89.7 Å². The Morgan fingerprint density at radius 2 is 1.76 bits per heavy atom. The lowest BCUT2D eigenvalue weighted by molar-refractivity contribution is 0.104. The molecule has 34 heavy (non-hydrogen) atoms. The van der Waals surface area contributed by atoms with Crippen LogP contribution in [0, 0.1) is 0 Å². The minimum Gasteiger partial charge on any atom is -0.506 e. The highest BCUT2D eigenvalue weighted by atomic mass is 35.5. The van der Waals surface area contributed by atoms with Crippen LogP contribution in [0.5, 0.6) is 5.75 Å². The van der Waals surface area contributed by atoms with Crippen LogP contribution in [-0.4, -0.2) is 15.5 Å². The molecule has 2 N–H and O–H groups in total. The lowest BCUT2D eigenvalue weighted by atomic mass is 10.0.